The van der Waals surface area contributed by atoms with E-state index in [0.717, 1.165) is 0 Å². The molecular weight excluding hydrogens is 200 g/mol. The molecule has 0 aromatic heterocycles. The molecule has 0 radical (unpaired) electrons. The van der Waals surface area contributed by atoms with E-state index in [-0.39, 0.29) is 0 Å². The molecule has 1 N–H and O–H groups in total. The van der Waals surface area contributed by atoms with Crippen LogP contribution in [0.1, 0.15) is 6.92 Å². The molecule has 3 nitrogen and oxygen atoms in total. The molecule has 0 amide bonds. The summed E-state index contributed by atoms with van der Waals surface area (Å²) >= 11 is -1.91. The SMILES string of the molecule is CC=CCOc1ccc(S(=O)O)cc1. The summed E-state index contributed by atoms with van der Waals surface area (Å²) in [6.45, 7) is 2.43. The maximum Gasteiger partial charge on any atom is 0.186 e. The molecule has 1 rings (SSSR count). The van der Waals surface area contributed by atoms with Gasteiger partial charge in [0.1, 0.15) is 12.4 Å². The summed E-state index contributed by atoms with van der Waals surface area (Å²) in [6, 6.07) is 6.49. The summed E-state index contributed by atoms with van der Waals surface area (Å²) in [5, 5.41) is 0. The van der Waals surface area contributed by atoms with Gasteiger partial charge < -0.3 is 9.29 Å². The summed E-state index contributed by atoms with van der Waals surface area (Å²) < 4.78 is 24.7. The Morgan fingerprint density at radius 3 is 2.57 bits per heavy atom. The minimum absolute atomic E-state index is 0.378. The van der Waals surface area contributed by atoms with Gasteiger partial charge in [-0.2, -0.15) is 0 Å². The van der Waals surface area contributed by atoms with E-state index in [1.807, 2.05) is 19.1 Å². The molecule has 0 aliphatic heterocycles. The van der Waals surface area contributed by atoms with Crippen LogP contribution in [0.4, 0.5) is 0 Å². The fraction of sp³-hybridized carbons (Fsp3) is 0.200. The first-order chi connectivity index (χ1) is 6.74. The maximum absolute atomic E-state index is 10.6. The fourth-order valence-corrected chi connectivity index (χ4v) is 1.26. The lowest BCUT2D eigenvalue weighted by molar-refractivity contribution is 0.362. The number of allylic oxidation sites excluding steroid dienone is 1. The molecule has 0 aliphatic rings. The highest BCUT2D eigenvalue weighted by molar-refractivity contribution is 7.79. The van der Waals surface area contributed by atoms with Crippen molar-refractivity contribution in [2.24, 2.45) is 0 Å². The van der Waals surface area contributed by atoms with Gasteiger partial charge in [0.15, 0.2) is 11.1 Å². The van der Waals surface area contributed by atoms with Crippen molar-refractivity contribution in [2.75, 3.05) is 6.61 Å². The summed E-state index contributed by atoms with van der Waals surface area (Å²) in [5.74, 6) is 0.692. The van der Waals surface area contributed by atoms with Gasteiger partial charge in [-0.25, -0.2) is 4.21 Å². The molecule has 76 valence electrons. The van der Waals surface area contributed by atoms with Gasteiger partial charge in [0.2, 0.25) is 0 Å². The van der Waals surface area contributed by atoms with E-state index in [1.165, 1.54) is 0 Å². The third-order valence-electron chi connectivity index (χ3n) is 1.61. The first kappa shape index (κ1) is 10.9. The maximum atomic E-state index is 10.6. The van der Waals surface area contributed by atoms with E-state index in [0.29, 0.717) is 17.3 Å². The van der Waals surface area contributed by atoms with E-state index >= 15 is 0 Å². The van der Waals surface area contributed by atoms with Crippen molar-refractivity contribution in [3.63, 3.8) is 0 Å². The zero-order chi connectivity index (χ0) is 10.4. The Hall–Kier alpha value is -1.13. The Bertz CT molecular complexity index is 330. The zero-order valence-corrected chi connectivity index (χ0v) is 8.66. The normalized spacial score (nSPS) is 13.0. The second-order valence-corrected chi connectivity index (χ2v) is 3.57. The highest BCUT2D eigenvalue weighted by Gasteiger charge is 1.98. The van der Waals surface area contributed by atoms with E-state index < -0.39 is 11.1 Å². The summed E-state index contributed by atoms with van der Waals surface area (Å²) in [7, 11) is 0. The molecule has 0 bridgehead atoms. The number of ether oxygens (including phenoxy) is 1. The predicted molar refractivity (Wildman–Crippen MR) is 55.8 cm³/mol. The van der Waals surface area contributed by atoms with Crippen molar-refractivity contribution in [1.82, 2.24) is 0 Å². The Morgan fingerprint density at radius 1 is 1.43 bits per heavy atom. The number of hydrogen-bond donors (Lipinski definition) is 1. The van der Waals surface area contributed by atoms with Crippen LogP contribution in [0.25, 0.3) is 0 Å². The Morgan fingerprint density at radius 2 is 2.07 bits per heavy atom. The Labute approximate surface area is 85.7 Å². The van der Waals surface area contributed by atoms with Crippen molar-refractivity contribution in [2.45, 2.75) is 11.8 Å². The molecule has 0 aliphatic carbocycles. The lowest BCUT2D eigenvalue weighted by Gasteiger charge is -2.02. The molecule has 0 fully saturated rings. The van der Waals surface area contributed by atoms with Gasteiger partial charge in [0.05, 0.1) is 4.90 Å². The Balaban J connectivity index is 2.59. The van der Waals surface area contributed by atoms with Gasteiger partial charge in [-0.1, -0.05) is 12.2 Å². The summed E-state index contributed by atoms with van der Waals surface area (Å²) in [4.78, 5) is 0.378. The number of hydrogen-bond acceptors (Lipinski definition) is 2. The van der Waals surface area contributed by atoms with E-state index in [4.69, 9.17) is 9.29 Å². The predicted octanol–water partition coefficient (Wildman–Crippen LogP) is 2.22. The molecule has 0 spiro atoms. The molecule has 1 aromatic rings. The van der Waals surface area contributed by atoms with Crippen LogP contribution in [0.3, 0.4) is 0 Å². The van der Waals surface area contributed by atoms with Crippen molar-refractivity contribution < 1.29 is 13.5 Å². The zero-order valence-electron chi connectivity index (χ0n) is 7.84. The molecule has 14 heavy (non-hydrogen) atoms. The fourth-order valence-electron chi connectivity index (χ4n) is 0.893. The van der Waals surface area contributed by atoms with Crippen LogP contribution in [0.5, 0.6) is 5.75 Å². The smallest absolute Gasteiger partial charge is 0.186 e. The highest BCUT2D eigenvalue weighted by Crippen LogP contribution is 2.13. The van der Waals surface area contributed by atoms with Crippen molar-refractivity contribution in [3.05, 3.63) is 36.4 Å². The van der Waals surface area contributed by atoms with Crippen molar-refractivity contribution >= 4 is 11.1 Å². The van der Waals surface area contributed by atoms with Crippen molar-refractivity contribution in [3.8, 4) is 5.75 Å². The summed E-state index contributed by atoms with van der Waals surface area (Å²) in [5.41, 5.74) is 0. The second-order valence-electron chi connectivity index (χ2n) is 2.60. The molecule has 1 atom stereocenters. The lowest BCUT2D eigenvalue weighted by Crippen LogP contribution is -1.94. The molecule has 1 aromatic carbocycles. The first-order valence-electron chi connectivity index (χ1n) is 4.19. The average Bonchev–Trinajstić information content (AvgIpc) is 2.19. The standard InChI is InChI=1S/C10H12O3S/c1-2-3-8-13-9-4-6-10(7-5-9)14(11)12/h2-7H,8H2,1H3,(H,11,12). The van der Waals surface area contributed by atoms with Crippen LogP contribution >= 0.6 is 0 Å². The first-order valence-corrected chi connectivity index (χ1v) is 5.29. The molecule has 1 unspecified atom stereocenters. The van der Waals surface area contributed by atoms with E-state index in [2.05, 4.69) is 0 Å². The quantitative estimate of drug-likeness (QED) is 0.615. The van der Waals surface area contributed by atoms with Gasteiger partial charge in [0, 0.05) is 0 Å². The van der Waals surface area contributed by atoms with Crippen LogP contribution in [0.2, 0.25) is 0 Å². The van der Waals surface area contributed by atoms with E-state index in [1.54, 1.807) is 24.3 Å². The third-order valence-corrected chi connectivity index (χ3v) is 2.28. The lowest BCUT2D eigenvalue weighted by atomic mass is 10.3. The average molecular weight is 212 g/mol. The topological polar surface area (TPSA) is 46.5 Å². The minimum atomic E-state index is -1.91. The molecule has 4 heteroatoms. The third kappa shape index (κ3) is 3.32. The van der Waals surface area contributed by atoms with Crippen LogP contribution in [0.15, 0.2) is 41.3 Å². The van der Waals surface area contributed by atoms with Crippen LogP contribution < -0.4 is 4.74 Å². The molecule has 0 heterocycles. The largest absolute Gasteiger partial charge is 0.490 e. The summed E-state index contributed by atoms with van der Waals surface area (Å²) in [6.07, 6.45) is 3.79. The van der Waals surface area contributed by atoms with Crippen LogP contribution in [0, 0.1) is 0 Å². The molecule has 0 saturated heterocycles. The molecular formula is C10H12O3S. The number of rotatable bonds is 4. The van der Waals surface area contributed by atoms with Gasteiger partial charge >= 0.3 is 0 Å². The van der Waals surface area contributed by atoms with Gasteiger partial charge in [-0.05, 0) is 31.2 Å². The van der Waals surface area contributed by atoms with Gasteiger partial charge in [-0.15, -0.1) is 0 Å². The highest BCUT2D eigenvalue weighted by atomic mass is 32.2. The van der Waals surface area contributed by atoms with E-state index in [9.17, 15) is 4.21 Å². The second kappa shape index (κ2) is 5.57. The minimum Gasteiger partial charge on any atom is -0.490 e. The molecule has 0 saturated carbocycles. The monoisotopic (exact) mass is 212 g/mol. The van der Waals surface area contributed by atoms with Crippen molar-refractivity contribution in [1.29, 1.82) is 0 Å². The number of benzene rings is 1. The Kier molecular flexibility index (Phi) is 4.35. The van der Waals surface area contributed by atoms with Crippen LogP contribution in [-0.4, -0.2) is 15.4 Å². The van der Waals surface area contributed by atoms with Gasteiger partial charge in [0.25, 0.3) is 0 Å². The van der Waals surface area contributed by atoms with Gasteiger partial charge in [-0.3, -0.25) is 0 Å². The van der Waals surface area contributed by atoms with Crippen LogP contribution in [-0.2, 0) is 11.1 Å².